The van der Waals surface area contributed by atoms with Crippen LogP contribution in [0.1, 0.15) is 19.8 Å². The lowest BCUT2D eigenvalue weighted by Crippen LogP contribution is -2.44. The molecule has 1 heterocycles. The molecule has 0 bridgehead atoms. The first-order chi connectivity index (χ1) is 6.76. The first kappa shape index (κ1) is 11.9. The molecule has 0 aliphatic carbocycles. The number of β-amino-alcohol motifs (C(OH)–C–C–N with tert-alkyl or cyclic N) is 1. The van der Waals surface area contributed by atoms with Crippen molar-refractivity contribution in [3.05, 3.63) is 0 Å². The molecule has 0 saturated carbocycles. The number of likely N-dealkylation sites (tertiary alicyclic amines) is 1. The van der Waals surface area contributed by atoms with Crippen molar-refractivity contribution in [2.45, 2.75) is 32.0 Å². The summed E-state index contributed by atoms with van der Waals surface area (Å²) in [6.45, 7) is 5.81. The van der Waals surface area contributed by atoms with Crippen LogP contribution in [-0.2, 0) is 4.74 Å². The third kappa shape index (κ3) is 3.92. The number of hydrogen-bond acceptors (Lipinski definition) is 4. The van der Waals surface area contributed by atoms with Crippen molar-refractivity contribution in [2.24, 2.45) is 5.73 Å². The predicted molar refractivity (Wildman–Crippen MR) is 56.1 cm³/mol. The highest BCUT2D eigenvalue weighted by Gasteiger charge is 2.21. The lowest BCUT2D eigenvalue weighted by Gasteiger charge is -2.33. The van der Waals surface area contributed by atoms with Crippen LogP contribution in [0.3, 0.4) is 0 Å². The van der Waals surface area contributed by atoms with E-state index in [2.05, 4.69) is 4.90 Å². The Balaban J connectivity index is 2.25. The molecular formula is C10H22N2O2. The molecule has 1 fully saturated rings. The van der Waals surface area contributed by atoms with E-state index in [1.54, 1.807) is 0 Å². The maximum absolute atomic E-state index is 9.42. The van der Waals surface area contributed by atoms with E-state index in [1.807, 2.05) is 6.92 Å². The van der Waals surface area contributed by atoms with Crippen molar-refractivity contribution in [3.63, 3.8) is 0 Å². The number of hydrogen-bond donors (Lipinski definition) is 2. The van der Waals surface area contributed by atoms with Crippen LogP contribution < -0.4 is 5.73 Å². The normalized spacial score (nSPS) is 26.4. The fraction of sp³-hybridized carbons (Fsp3) is 1.00. The molecule has 4 nitrogen and oxygen atoms in total. The number of aliphatic hydroxyl groups excluding tert-OH is 1. The number of nitrogens with zero attached hydrogens (tertiary/aromatic N) is 1. The largest absolute Gasteiger partial charge is 0.390 e. The van der Waals surface area contributed by atoms with E-state index in [0.29, 0.717) is 19.2 Å². The topological polar surface area (TPSA) is 58.7 Å². The standard InChI is InChI=1S/C10H22N2O2/c1-2-14-10-4-3-5-12(8-10)7-9(13)6-11/h9-10,13H,2-8,11H2,1H3. The monoisotopic (exact) mass is 202 g/mol. The summed E-state index contributed by atoms with van der Waals surface area (Å²) in [5.41, 5.74) is 5.37. The van der Waals surface area contributed by atoms with Crippen LogP contribution in [0.2, 0.25) is 0 Å². The Morgan fingerprint density at radius 3 is 3.07 bits per heavy atom. The highest BCUT2D eigenvalue weighted by atomic mass is 16.5. The number of piperidine rings is 1. The third-order valence-electron chi connectivity index (χ3n) is 2.61. The van der Waals surface area contributed by atoms with Gasteiger partial charge in [-0.05, 0) is 26.3 Å². The van der Waals surface area contributed by atoms with Crippen LogP contribution in [0.4, 0.5) is 0 Å². The number of nitrogens with two attached hydrogens (primary N) is 1. The van der Waals surface area contributed by atoms with Gasteiger partial charge in [-0.3, -0.25) is 4.90 Å². The molecule has 0 aromatic carbocycles. The number of ether oxygens (including phenoxy) is 1. The molecule has 1 rings (SSSR count). The molecule has 4 heteroatoms. The minimum atomic E-state index is -0.393. The molecular weight excluding hydrogens is 180 g/mol. The Bertz CT molecular complexity index is 153. The molecule has 1 saturated heterocycles. The Morgan fingerprint density at radius 2 is 2.43 bits per heavy atom. The molecule has 0 spiro atoms. The zero-order valence-electron chi connectivity index (χ0n) is 8.98. The SMILES string of the molecule is CCOC1CCCN(CC(O)CN)C1. The summed E-state index contributed by atoms with van der Waals surface area (Å²) in [6.07, 6.45) is 2.25. The molecule has 0 aromatic rings. The van der Waals surface area contributed by atoms with Crippen molar-refractivity contribution < 1.29 is 9.84 Å². The van der Waals surface area contributed by atoms with Crippen molar-refractivity contribution in [1.29, 1.82) is 0 Å². The predicted octanol–water partition coefficient (Wildman–Crippen LogP) is -0.193. The summed E-state index contributed by atoms with van der Waals surface area (Å²) >= 11 is 0. The van der Waals surface area contributed by atoms with E-state index in [4.69, 9.17) is 10.5 Å². The molecule has 14 heavy (non-hydrogen) atoms. The van der Waals surface area contributed by atoms with Gasteiger partial charge < -0.3 is 15.6 Å². The van der Waals surface area contributed by atoms with E-state index in [9.17, 15) is 5.11 Å². The summed E-state index contributed by atoms with van der Waals surface area (Å²) in [6, 6.07) is 0. The molecule has 2 atom stereocenters. The third-order valence-corrected chi connectivity index (χ3v) is 2.61. The smallest absolute Gasteiger partial charge is 0.0789 e. The van der Waals surface area contributed by atoms with Crippen molar-refractivity contribution in [1.82, 2.24) is 4.90 Å². The van der Waals surface area contributed by atoms with Gasteiger partial charge in [0.15, 0.2) is 0 Å². The maximum atomic E-state index is 9.42. The van der Waals surface area contributed by atoms with Crippen LogP contribution in [-0.4, -0.2) is 55.0 Å². The minimum absolute atomic E-state index is 0.343. The molecule has 84 valence electrons. The summed E-state index contributed by atoms with van der Waals surface area (Å²) < 4.78 is 5.57. The van der Waals surface area contributed by atoms with Crippen LogP contribution in [0.5, 0.6) is 0 Å². The zero-order chi connectivity index (χ0) is 10.4. The Labute approximate surface area is 86.0 Å². The second kappa shape index (κ2) is 6.35. The van der Waals surface area contributed by atoms with Crippen molar-refractivity contribution in [3.8, 4) is 0 Å². The molecule has 0 radical (unpaired) electrons. The van der Waals surface area contributed by atoms with Gasteiger partial charge in [0, 0.05) is 26.2 Å². The van der Waals surface area contributed by atoms with Crippen LogP contribution in [0.15, 0.2) is 0 Å². The van der Waals surface area contributed by atoms with Crippen LogP contribution in [0.25, 0.3) is 0 Å². The first-order valence-electron chi connectivity index (χ1n) is 5.48. The van der Waals surface area contributed by atoms with Gasteiger partial charge in [0.1, 0.15) is 0 Å². The van der Waals surface area contributed by atoms with E-state index >= 15 is 0 Å². The van der Waals surface area contributed by atoms with Gasteiger partial charge >= 0.3 is 0 Å². The number of rotatable bonds is 5. The Kier molecular flexibility index (Phi) is 5.40. The zero-order valence-corrected chi connectivity index (χ0v) is 8.98. The van der Waals surface area contributed by atoms with E-state index in [1.165, 1.54) is 0 Å². The fourth-order valence-corrected chi connectivity index (χ4v) is 1.92. The Hall–Kier alpha value is -0.160. The minimum Gasteiger partial charge on any atom is -0.390 e. The first-order valence-corrected chi connectivity index (χ1v) is 5.48. The highest BCUT2D eigenvalue weighted by Crippen LogP contribution is 2.13. The van der Waals surface area contributed by atoms with Gasteiger partial charge in [-0.25, -0.2) is 0 Å². The van der Waals surface area contributed by atoms with Crippen molar-refractivity contribution >= 4 is 0 Å². The molecule has 0 amide bonds. The summed E-state index contributed by atoms with van der Waals surface area (Å²) in [4.78, 5) is 2.24. The maximum Gasteiger partial charge on any atom is 0.0789 e. The van der Waals surface area contributed by atoms with E-state index in [-0.39, 0.29) is 0 Å². The van der Waals surface area contributed by atoms with Gasteiger partial charge in [0.2, 0.25) is 0 Å². The lowest BCUT2D eigenvalue weighted by atomic mass is 10.1. The average molecular weight is 202 g/mol. The fourth-order valence-electron chi connectivity index (χ4n) is 1.92. The van der Waals surface area contributed by atoms with E-state index < -0.39 is 6.10 Å². The Morgan fingerprint density at radius 1 is 1.64 bits per heavy atom. The van der Waals surface area contributed by atoms with Crippen LogP contribution >= 0.6 is 0 Å². The van der Waals surface area contributed by atoms with Crippen molar-refractivity contribution in [2.75, 3.05) is 32.8 Å². The van der Waals surface area contributed by atoms with Crippen LogP contribution in [0, 0.1) is 0 Å². The van der Waals surface area contributed by atoms with Gasteiger partial charge in [-0.15, -0.1) is 0 Å². The average Bonchev–Trinajstić information content (AvgIpc) is 2.19. The van der Waals surface area contributed by atoms with Gasteiger partial charge in [-0.1, -0.05) is 0 Å². The quantitative estimate of drug-likeness (QED) is 0.648. The highest BCUT2D eigenvalue weighted by molar-refractivity contribution is 4.75. The number of aliphatic hydroxyl groups is 1. The second-order valence-corrected chi connectivity index (χ2v) is 3.87. The summed E-state index contributed by atoms with van der Waals surface area (Å²) in [7, 11) is 0. The molecule has 2 unspecified atom stereocenters. The second-order valence-electron chi connectivity index (χ2n) is 3.87. The molecule has 0 aromatic heterocycles. The lowest BCUT2D eigenvalue weighted by molar-refractivity contribution is -0.00577. The van der Waals surface area contributed by atoms with Gasteiger partial charge in [-0.2, -0.15) is 0 Å². The summed E-state index contributed by atoms with van der Waals surface area (Å²) in [5.74, 6) is 0. The molecule has 1 aliphatic rings. The molecule has 1 aliphatic heterocycles. The van der Waals surface area contributed by atoms with E-state index in [0.717, 1.165) is 32.5 Å². The van der Waals surface area contributed by atoms with Gasteiger partial charge in [0.25, 0.3) is 0 Å². The summed E-state index contributed by atoms with van der Waals surface area (Å²) in [5, 5.41) is 9.42. The van der Waals surface area contributed by atoms with Gasteiger partial charge in [0.05, 0.1) is 12.2 Å². The molecule has 3 N–H and O–H groups in total.